The molecule has 0 aliphatic carbocycles. The molecule has 0 spiro atoms. The summed E-state index contributed by atoms with van der Waals surface area (Å²) < 4.78 is 5.27. The third-order valence-electron chi connectivity index (χ3n) is 8.50. The van der Waals surface area contributed by atoms with Crippen molar-refractivity contribution >= 4 is 5.97 Å². The third-order valence-corrected chi connectivity index (χ3v) is 8.50. The van der Waals surface area contributed by atoms with Crippen LogP contribution in [0.15, 0.2) is 12.3 Å². The zero-order valence-corrected chi connectivity index (χ0v) is 27.8. The van der Waals surface area contributed by atoms with E-state index in [4.69, 9.17) is 4.74 Å². The molecular formula is C38H74O2. The maximum absolute atomic E-state index is 11.9. The van der Waals surface area contributed by atoms with E-state index in [1.54, 1.807) is 6.26 Å². The lowest BCUT2D eigenvalue weighted by molar-refractivity contribution is -0.138. The summed E-state index contributed by atoms with van der Waals surface area (Å²) in [6, 6.07) is 0. The number of rotatable bonds is 34. The van der Waals surface area contributed by atoms with E-state index in [1.165, 1.54) is 186 Å². The lowest BCUT2D eigenvalue weighted by atomic mass is 10.0. The molecule has 0 N–H and O–H groups in total. The van der Waals surface area contributed by atoms with Crippen molar-refractivity contribution in [3.63, 3.8) is 0 Å². The molecule has 0 fully saturated rings. The second-order valence-corrected chi connectivity index (χ2v) is 12.7. The van der Waals surface area contributed by atoms with Gasteiger partial charge in [-0.3, -0.25) is 4.79 Å². The lowest BCUT2D eigenvalue weighted by Crippen LogP contribution is -1.98. The molecular weight excluding hydrogens is 488 g/mol. The Morgan fingerprint density at radius 3 is 1.00 bits per heavy atom. The van der Waals surface area contributed by atoms with Crippen molar-refractivity contribution in [3.8, 4) is 0 Å². The lowest BCUT2D eigenvalue weighted by Gasteiger charge is -2.04. The van der Waals surface area contributed by atoms with Gasteiger partial charge in [-0.2, -0.15) is 0 Å². The van der Waals surface area contributed by atoms with Gasteiger partial charge < -0.3 is 4.74 Å². The third kappa shape index (κ3) is 35.2. The van der Waals surface area contributed by atoms with Gasteiger partial charge in [-0.25, -0.2) is 0 Å². The van der Waals surface area contributed by atoms with E-state index < -0.39 is 0 Å². The average Bonchev–Trinajstić information content (AvgIpc) is 2.96. The van der Waals surface area contributed by atoms with Crippen LogP contribution in [0.1, 0.15) is 226 Å². The van der Waals surface area contributed by atoms with Crippen LogP contribution in [0.2, 0.25) is 0 Å². The van der Waals surface area contributed by atoms with Crippen LogP contribution in [0, 0.1) is 0 Å². The Hall–Kier alpha value is -0.790. The molecule has 2 heteroatoms. The quantitative estimate of drug-likeness (QED) is 0.0443. The molecule has 0 rings (SSSR count). The molecule has 0 aliphatic heterocycles. The van der Waals surface area contributed by atoms with Gasteiger partial charge in [0.15, 0.2) is 0 Å². The summed E-state index contributed by atoms with van der Waals surface area (Å²) in [4.78, 5) is 11.9. The predicted molar refractivity (Wildman–Crippen MR) is 179 cm³/mol. The zero-order chi connectivity index (χ0) is 29.0. The van der Waals surface area contributed by atoms with Crippen molar-refractivity contribution in [1.29, 1.82) is 0 Å². The van der Waals surface area contributed by atoms with Crippen LogP contribution in [0.3, 0.4) is 0 Å². The number of esters is 1. The summed E-state index contributed by atoms with van der Waals surface area (Å²) in [5.74, 6) is -0.0582. The largest absolute Gasteiger partial charge is 0.435 e. The van der Waals surface area contributed by atoms with Crippen LogP contribution in [0.4, 0.5) is 0 Å². The van der Waals surface area contributed by atoms with Crippen LogP contribution < -0.4 is 0 Å². The molecule has 40 heavy (non-hydrogen) atoms. The Morgan fingerprint density at radius 2 is 0.675 bits per heavy atom. The molecule has 0 aromatic heterocycles. The van der Waals surface area contributed by atoms with Crippen molar-refractivity contribution in [2.24, 2.45) is 0 Å². The number of ether oxygens (including phenoxy) is 1. The molecule has 0 heterocycles. The molecule has 0 atom stereocenters. The summed E-state index contributed by atoms with van der Waals surface area (Å²) in [6.07, 6.45) is 48.0. The van der Waals surface area contributed by atoms with Crippen LogP contribution in [0.5, 0.6) is 0 Å². The van der Waals surface area contributed by atoms with Gasteiger partial charge in [0, 0.05) is 6.42 Å². The van der Waals surface area contributed by atoms with Crippen LogP contribution in [0.25, 0.3) is 0 Å². The second-order valence-electron chi connectivity index (χ2n) is 12.7. The van der Waals surface area contributed by atoms with Gasteiger partial charge in [0.1, 0.15) is 0 Å². The molecule has 2 nitrogen and oxygen atoms in total. The fourth-order valence-corrected chi connectivity index (χ4v) is 5.70. The van der Waals surface area contributed by atoms with Gasteiger partial charge in [0.05, 0.1) is 6.26 Å². The first-order chi connectivity index (χ1) is 19.8. The monoisotopic (exact) mass is 563 g/mol. The van der Waals surface area contributed by atoms with Crippen molar-refractivity contribution in [3.05, 3.63) is 12.3 Å². The highest BCUT2D eigenvalue weighted by Crippen LogP contribution is 2.15. The highest BCUT2D eigenvalue weighted by molar-refractivity contribution is 5.69. The second kappa shape index (κ2) is 36.2. The van der Waals surface area contributed by atoms with Crippen LogP contribution >= 0.6 is 0 Å². The molecule has 0 unspecified atom stereocenters. The standard InChI is InChI=1S/C38H74O2/c1-3-5-7-9-11-13-15-17-18-19-20-21-22-23-25-27-29-31-33-35-37-40-38(39)36-34-32-30-28-26-24-16-14-12-10-8-6-4-2/h35,37H,3-34,36H2,1-2H3. The van der Waals surface area contributed by atoms with E-state index in [0.717, 1.165) is 19.3 Å². The Morgan fingerprint density at radius 1 is 0.400 bits per heavy atom. The minimum Gasteiger partial charge on any atom is -0.435 e. The average molecular weight is 563 g/mol. The molecule has 0 aromatic rings. The predicted octanol–water partition coefficient (Wildman–Crippen LogP) is 14.0. The van der Waals surface area contributed by atoms with Crippen molar-refractivity contribution in [1.82, 2.24) is 0 Å². The van der Waals surface area contributed by atoms with Gasteiger partial charge in [-0.15, -0.1) is 0 Å². The van der Waals surface area contributed by atoms with E-state index in [0.29, 0.717) is 6.42 Å². The number of hydrogen-bond acceptors (Lipinski definition) is 2. The smallest absolute Gasteiger partial charge is 0.310 e. The molecule has 0 aromatic carbocycles. The molecule has 0 radical (unpaired) electrons. The minimum absolute atomic E-state index is 0.0582. The van der Waals surface area contributed by atoms with Gasteiger partial charge in [-0.05, 0) is 25.3 Å². The molecule has 0 aliphatic rings. The Labute approximate surface area is 253 Å². The molecule has 0 bridgehead atoms. The molecule has 0 amide bonds. The summed E-state index contributed by atoms with van der Waals surface area (Å²) in [7, 11) is 0. The number of carbonyl (C=O) groups is 1. The van der Waals surface area contributed by atoms with Gasteiger partial charge in [-0.1, -0.05) is 200 Å². The molecule has 0 saturated heterocycles. The number of hydrogen-bond donors (Lipinski definition) is 0. The molecule has 238 valence electrons. The van der Waals surface area contributed by atoms with E-state index >= 15 is 0 Å². The first-order valence-electron chi connectivity index (χ1n) is 18.7. The van der Waals surface area contributed by atoms with E-state index in [2.05, 4.69) is 13.8 Å². The molecule has 0 saturated carbocycles. The first-order valence-corrected chi connectivity index (χ1v) is 18.7. The van der Waals surface area contributed by atoms with Crippen molar-refractivity contribution in [2.45, 2.75) is 226 Å². The van der Waals surface area contributed by atoms with Crippen LogP contribution in [-0.4, -0.2) is 5.97 Å². The summed E-state index contributed by atoms with van der Waals surface area (Å²) >= 11 is 0. The number of carbonyl (C=O) groups excluding carboxylic acids is 1. The SMILES string of the molecule is CCCCCCCCCCCCCCCCCCCCC=COC(=O)CCCCCCCCCCCCCCC. The fourth-order valence-electron chi connectivity index (χ4n) is 5.70. The van der Waals surface area contributed by atoms with Gasteiger partial charge in [0.2, 0.25) is 0 Å². The van der Waals surface area contributed by atoms with Crippen molar-refractivity contribution in [2.75, 3.05) is 0 Å². The highest BCUT2D eigenvalue weighted by atomic mass is 16.5. The minimum atomic E-state index is -0.0582. The van der Waals surface area contributed by atoms with E-state index in [1.807, 2.05) is 6.08 Å². The number of allylic oxidation sites excluding steroid dienone is 1. The summed E-state index contributed by atoms with van der Waals surface area (Å²) in [5.41, 5.74) is 0. The van der Waals surface area contributed by atoms with Crippen LogP contribution in [-0.2, 0) is 9.53 Å². The Balaban J connectivity index is 3.20. The first kappa shape index (κ1) is 39.2. The Kier molecular flexibility index (Phi) is 35.5. The van der Waals surface area contributed by atoms with Crippen molar-refractivity contribution < 1.29 is 9.53 Å². The fraction of sp³-hybridized carbons (Fsp3) is 0.921. The Bertz CT molecular complexity index is 498. The maximum atomic E-state index is 11.9. The van der Waals surface area contributed by atoms with Gasteiger partial charge >= 0.3 is 5.97 Å². The maximum Gasteiger partial charge on any atom is 0.310 e. The summed E-state index contributed by atoms with van der Waals surface area (Å²) in [6.45, 7) is 4.58. The van der Waals surface area contributed by atoms with Gasteiger partial charge in [0.25, 0.3) is 0 Å². The number of unbranched alkanes of at least 4 members (excludes halogenated alkanes) is 30. The normalized spacial score (nSPS) is 11.6. The highest BCUT2D eigenvalue weighted by Gasteiger charge is 2.01. The van der Waals surface area contributed by atoms with E-state index in [9.17, 15) is 4.79 Å². The van der Waals surface area contributed by atoms with E-state index in [-0.39, 0.29) is 5.97 Å². The summed E-state index contributed by atoms with van der Waals surface area (Å²) in [5, 5.41) is 0. The zero-order valence-electron chi connectivity index (χ0n) is 27.8. The topological polar surface area (TPSA) is 26.3 Å².